The van der Waals surface area contributed by atoms with Gasteiger partial charge in [-0.1, -0.05) is 52.2 Å². The highest BCUT2D eigenvalue weighted by molar-refractivity contribution is 6.30. The van der Waals surface area contributed by atoms with Crippen LogP contribution in [-0.2, 0) is 4.84 Å². The highest BCUT2D eigenvalue weighted by Gasteiger charge is 2.07. The molecular weight excluding hydrogens is 318 g/mol. The van der Waals surface area contributed by atoms with E-state index in [0.29, 0.717) is 27.7 Å². The Bertz CT molecular complexity index is 800. The fourth-order valence-electron chi connectivity index (χ4n) is 1.78. The van der Waals surface area contributed by atoms with Crippen molar-refractivity contribution in [1.29, 1.82) is 0 Å². The molecule has 8 heteroatoms. The van der Waals surface area contributed by atoms with E-state index in [1.807, 2.05) is 0 Å². The number of carbonyl (C=O) groups is 1. The fourth-order valence-corrected chi connectivity index (χ4v) is 1.97. The van der Waals surface area contributed by atoms with E-state index in [2.05, 4.69) is 20.5 Å². The van der Waals surface area contributed by atoms with Crippen LogP contribution in [0.25, 0.3) is 10.4 Å². The number of amides is 1. The molecule has 0 atom stereocenters. The summed E-state index contributed by atoms with van der Waals surface area (Å²) in [6.45, 7) is 1.64. The van der Waals surface area contributed by atoms with Crippen LogP contribution in [0.3, 0.4) is 0 Å². The van der Waals surface area contributed by atoms with Crippen molar-refractivity contribution in [3.63, 3.8) is 0 Å². The summed E-state index contributed by atoms with van der Waals surface area (Å²) in [4.78, 5) is 19.2. The maximum absolute atomic E-state index is 11.7. The zero-order valence-electron chi connectivity index (χ0n) is 12.1. The maximum Gasteiger partial charge on any atom is 0.437 e. The molecule has 116 valence electrons. The number of oxime groups is 1. The minimum absolute atomic E-state index is 0.397. The van der Waals surface area contributed by atoms with Crippen LogP contribution in [0.4, 0.5) is 16.2 Å². The Balaban J connectivity index is 2.07. The van der Waals surface area contributed by atoms with Crippen LogP contribution in [0.15, 0.2) is 58.8 Å². The molecular formula is C15H12ClN5O2. The van der Waals surface area contributed by atoms with Crippen molar-refractivity contribution < 1.29 is 9.63 Å². The van der Waals surface area contributed by atoms with Crippen molar-refractivity contribution in [1.82, 2.24) is 0 Å². The SMILES string of the molecule is CC(=NOC(=O)Nc1cccc(Cl)c1)c1ccccc1N=[N+]=[N-]. The normalized spacial score (nSPS) is 10.6. The molecule has 1 N–H and O–H groups in total. The van der Waals surface area contributed by atoms with Gasteiger partial charge in [-0.15, -0.1) is 0 Å². The molecule has 0 unspecified atom stereocenters. The van der Waals surface area contributed by atoms with Crippen LogP contribution in [0, 0.1) is 0 Å². The Hall–Kier alpha value is -3.02. The van der Waals surface area contributed by atoms with Gasteiger partial charge in [-0.05, 0) is 30.7 Å². The molecule has 0 aliphatic heterocycles. The predicted molar refractivity (Wildman–Crippen MR) is 89.0 cm³/mol. The first-order chi connectivity index (χ1) is 11.1. The van der Waals surface area contributed by atoms with Crippen LogP contribution in [-0.4, -0.2) is 11.8 Å². The Morgan fingerprint density at radius 2 is 2.04 bits per heavy atom. The number of nitrogens with zero attached hydrogens (tertiary/aromatic N) is 4. The molecule has 0 saturated carbocycles. The van der Waals surface area contributed by atoms with Gasteiger partial charge in [-0.2, -0.15) is 0 Å². The van der Waals surface area contributed by atoms with Gasteiger partial charge < -0.3 is 0 Å². The summed E-state index contributed by atoms with van der Waals surface area (Å²) in [6.07, 6.45) is -0.757. The minimum atomic E-state index is -0.757. The molecule has 23 heavy (non-hydrogen) atoms. The third-order valence-corrected chi connectivity index (χ3v) is 3.02. The number of rotatable bonds is 4. The van der Waals surface area contributed by atoms with Crippen LogP contribution in [0.1, 0.15) is 12.5 Å². The molecule has 0 aromatic heterocycles. The van der Waals surface area contributed by atoms with Gasteiger partial charge in [0.25, 0.3) is 0 Å². The summed E-state index contributed by atoms with van der Waals surface area (Å²) >= 11 is 5.82. The van der Waals surface area contributed by atoms with Crippen molar-refractivity contribution in [2.24, 2.45) is 10.3 Å². The smallest absolute Gasteiger partial charge is 0.298 e. The largest absolute Gasteiger partial charge is 0.437 e. The fraction of sp³-hybridized carbons (Fsp3) is 0.0667. The lowest BCUT2D eigenvalue weighted by Gasteiger charge is -2.05. The van der Waals surface area contributed by atoms with E-state index in [1.165, 1.54) is 0 Å². The molecule has 2 aromatic rings. The lowest BCUT2D eigenvalue weighted by Crippen LogP contribution is -2.11. The quantitative estimate of drug-likeness (QED) is 0.207. The van der Waals surface area contributed by atoms with Crippen molar-refractivity contribution >= 4 is 34.8 Å². The van der Waals surface area contributed by atoms with Crippen molar-refractivity contribution in [2.75, 3.05) is 5.32 Å². The highest BCUT2D eigenvalue weighted by Crippen LogP contribution is 2.20. The first-order valence-corrected chi connectivity index (χ1v) is 6.90. The van der Waals surface area contributed by atoms with Gasteiger partial charge >= 0.3 is 6.09 Å². The molecule has 7 nitrogen and oxygen atoms in total. The van der Waals surface area contributed by atoms with Crippen molar-refractivity contribution in [3.8, 4) is 0 Å². The summed E-state index contributed by atoms with van der Waals surface area (Å²) < 4.78 is 0. The van der Waals surface area contributed by atoms with Crippen molar-refractivity contribution in [2.45, 2.75) is 6.92 Å². The molecule has 2 aromatic carbocycles. The van der Waals surface area contributed by atoms with Crippen LogP contribution in [0.2, 0.25) is 5.02 Å². The van der Waals surface area contributed by atoms with Crippen LogP contribution < -0.4 is 5.32 Å². The summed E-state index contributed by atoms with van der Waals surface area (Å²) in [5.41, 5.74) is 10.4. The molecule has 0 heterocycles. The first-order valence-electron chi connectivity index (χ1n) is 6.53. The Morgan fingerprint density at radius 1 is 1.26 bits per heavy atom. The summed E-state index contributed by atoms with van der Waals surface area (Å²) in [6, 6.07) is 13.5. The van der Waals surface area contributed by atoms with Crippen molar-refractivity contribution in [3.05, 3.63) is 69.6 Å². The van der Waals surface area contributed by atoms with Gasteiger partial charge in [0.15, 0.2) is 0 Å². The van der Waals surface area contributed by atoms with E-state index in [9.17, 15) is 4.79 Å². The minimum Gasteiger partial charge on any atom is -0.298 e. The number of nitrogens with one attached hydrogen (secondary N) is 1. The average Bonchev–Trinajstić information content (AvgIpc) is 2.53. The van der Waals surface area contributed by atoms with Gasteiger partial charge in [0.2, 0.25) is 0 Å². The number of anilines is 1. The second-order valence-electron chi connectivity index (χ2n) is 4.40. The van der Waals surface area contributed by atoms with Crippen LogP contribution >= 0.6 is 11.6 Å². The Morgan fingerprint density at radius 3 is 2.78 bits per heavy atom. The second kappa shape index (κ2) is 7.84. The molecule has 1 amide bonds. The third-order valence-electron chi connectivity index (χ3n) is 2.78. The molecule has 2 rings (SSSR count). The topological polar surface area (TPSA) is 99.5 Å². The molecule has 0 bridgehead atoms. The summed E-state index contributed by atoms with van der Waals surface area (Å²) in [5.74, 6) is 0. The predicted octanol–water partition coefficient (Wildman–Crippen LogP) is 5.25. The summed E-state index contributed by atoms with van der Waals surface area (Å²) in [5, 5.41) is 10.3. The van der Waals surface area contributed by atoms with Crippen LogP contribution in [0.5, 0.6) is 0 Å². The monoisotopic (exact) mass is 329 g/mol. The number of hydrogen-bond donors (Lipinski definition) is 1. The van der Waals surface area contributed by atoms with Gasteiger partial charge in [-0.3, -0.25) is 10.2 Å². The van der Waals surface area contributed by atoms with Gasteiger partial charge in [0.05, 0.1) is 5.71 Å². The van der Waals surface area contributed by atoms with E-state index < -0.39 is 6.09 Å². The molecule has 0 spiro atoms. The number of carbonyl (C=O) groups excluding carboxylic acids is 1. The van der Waals surface area contributed by atoms with E-state index in [4.69, 9.17) is 22.0 Å². The zero-order valence-corrected chi connectivity index (χ0v) is 12.9. The molecule has 0 aliphatic rings. The number of azide groups is 1. The number of hydrogen-bond acceptors (Lipinski definition) is 4. The van der Waals surface area contributed by atoms with E-state index in [-0.39, 0.29) is 0 Å². The van der Waals surface area contributed by atoms with E-state index >= 15 is 0 Å². The van der Waals surface area contributed by atoms with Gasteiger partial charge in [0.1, 0.15) is 0 Å². The zero-order chi connectivity index (χ0) is 16.7. The van der Waals surface area contributed by atoms with Gasteiger partial charge in [-0.25, -0.2) is 4.79 Å². The summed E-state index contributed by atoms with van der Waals surface area (Å²) in [7, 11) is 0. The molecule has 0 fully saturated rings. The lowest BCUT2D eigenvalue weighted by molar-refractivity contribution is 0.166. The first kappa shape index (κ1) is 16.4. The number of halogens is 1. The molecule has 0 radical (unpaired) electrons. The molecule has 0 saturated heterocycles. The third kappa shape index (κ3) is 4.74. The van der Waals surface area contributed by atoms with E-state index in [1.54, 1.807) is 55.5 Å². The lowest BCUT2D eigenvalue weighted by atomic mass is 10.1. The average molecular weight is 330 g/mol. The second-order valence-corrected chi connectivity index (χ2v) is 4.83. The Kier molecular flexibility index (Phi) is 5.57. The van der Waals surface area contributed by atoms with E-state index in [0.717, 1.165) is 0 Å². The maximum atomic E-state index is 11.7. The number of benzene rings is 2. The standard InChI is InChI=1S/C15H12ClN5O2/c1-10(13-7-2-3-8-14(13)19-21-17)20-23-15(22)18-12-6-4-5-11(16)9-12/h2-9H,1H3,(H,18,22). The highest BCUT2D eigenvalue weighted by atomic mass is 35.5. The molecule has 0 aliphatic carbocycles. The Labute approximate surface area is 137 Å². The van der Waals surface area contributed by atoms with Gasteiger partial charge in [0, 0.05) is 26.9 Å².